The number of H-pyrrole nitrogens is 1. The molecule has 5 rings (SSSR count). The first-order valence-electron chi connectivity index (χ1n) is 10.2. The Morgan fingerprint density at radius 1 is 1.09 bits per heavy atom. The zero-order chi connectivity index (χ0) is 22.2. The molecule has 0 unspecified atom stereocenters. The fraction of sp³-hybridized carbons (Fsp3) is 0.167. The van der Waals surface area contributed by atoms with E-state index in [1.807, 2.05) is 42.1 Å². The van der Waals surface area contributed by atoms with E-state index in [-0.39, 0.29) is 5.75 Å². The minimum absolute atomic E-state index is 0.245. The normalized spacial score (nSPS) is 11.2. The number of nitrogens with one attached hydrogen (secondary N) is 2. The molecule has 4 heterocycles. The third-order valence-electron chi connectivity index (χ3n) is 5.57. The first-order valence-corrected chi connectivity index (χ1v) is 10.2. The summed E-state index contributed by atoms with van der Waals surface area (Å²) in [4.78, 5) is 12.6. The molecule has 0 amide bonds. The van der Waals surface area contributed by atoms with Crippen molar-refractivity contribution in [3.63, 3.8) is 0 Å². The van der Waals surface area contributed by atoms with E-state index in [1.54, 1.807) is 32.5 Å². The molecule has 0 fully saturated rings. The van der Waals surface area contributed by atoms with Gasteiger partial charge in [-0.05, 0) is 42.0 Å². The molecule has 3 N–H and O–H groups in total. The predicted molar refractivity (Wildman–Crippen MR) is 124 cm³/mol. The number of methoxy groups -OCH3 is 2. The first-order chi connectivity index (χ1) is 15.6. The maximum absolute atomic E-state index is 9.47. The zero-order valence-electron chi connectivity index (χ0n) is 18.0. The number of nitrogens with zero attached hydrogens (tertiary/aromatic N) is 3. The number of aryl methyl sites for hydroxylation is 1. The van der Waals surface area contributed by atoms with Gasteiger partial charge in [0.15, 0.2) is 5.75 Å². The topological polar surface area (TPSA) is 97.2 Å². The fourth-order valence-electron chi connectivity index (χ4n) is 3.91. The molecule has 4 aromatic heterocycles. The molecule has 0 spiro atoms. The Balaban J connectivity index is 1.55. The van der Waals surface area contributed by atoms with Crippen molar-refractivity contribution < 1.29 is 14.6 Å². The zero-order valence-corrected chi connectivity index (χ0v) is 18.0. The molecule has 0 saturated heterocycles. The van der Waals surface area contributed by atoms with E-state index in [1.165, 1.54) is 0 Å². The van der Waals surface area contributed by atoms with Gasteiger partial charge in [0.05, 0.1) is 25.4 Å². The Morgan fingerprint density at radius 2 is 1.91 bits per heavy atom. The molecule has 32 heavy (non-hydrogen) atoms. The average molecular weight is 429 g/mol. The van der Waals surface area contributed by atoms with Crippen LogP contribution in [0.3, 0.4) is 0 Å². The second-order valence-electron chi connectivity index (χ2n) is 7.54. The standard InChI is InChI=1S/C24H23N5O3/c1-29-13-18(22-20(29)11-21(31-2)24(28-22)32-3)19-10-17-14(8-9-25-23(17)27-19)12-26-15-4-6-16(30)7-5-15/h4-11,13,26,30H,12H2,1-3H3,(H,25,27). The van der Waals surface area contributed by atoms with Crippen molar-refractivity contribution in [1.29, 1.82) is 0 Å². The molecule has 0 atom stereocenters. The largest absolute Gasteiger partial charge is 0.508 e. The second-order valence-corrected chi connectivity index (χ2v) is 7.54. The van der Waals surface area contributed by atoms with E-state index in [9.17, 15) is 5.11 Å². The van der Waals surface area contributed by atoms with Crippen LogP contribution in [-0.2, 0) is 13.6 Å². The molecule has 162 valence electrons. The monoisotopic (exact) mass is 429 g/mol. The number of anilines is 1. The van der Waals surface area contributed by atoms with Crippen LogP contribution in [-0.4, -0.2) is 38.8 Å². The summed E-state index contributed by atoms with van der Waals surface area (Å²) in [7, 11) is 5.17. The van der Waals surface area contributed by atoms with Crippen LogP contribution in [0.4, 0.5) is 5.69 Å². The first kappa shape index (κ1) is 19.7. The molecule has 0 bridgehead atoms. The summed E-state index contributed by atoms with van der Waals surface area (Å²) in [6, 6.07) is 13.1. The summed E-state index contributed by atoms with van der Waals surface area (Å²) < 4.78 is 12.8. The SMILES string of the molecule is COc1cc2c(nc1OC)c(-c1cc3c(CNc4ccc(O)cc4)ccnc3[nH]1)cn2C. The summed E-state index contributed by atoms with van der Waals surface area (Å²) in [5, 5.41) is 13.9. The molecule has 5 aromatic rings. The van der Waals surface area contributed by atoms with Gasteiger partial charge in [-0.2, -0.15) is 0 Å². The summed E-state index contributed by atoms with van der Waals surface area (Å²) in [5.74, 6) is 1.28. The highest BCUT2D eigenvalue weighted by molar-refractivity contribution is 5.96. The van der Waals surface area contributed by atoms with Gasteiger partial charge in [-0.1, -0.05) is 0 Å². The molecule has 0 aliphatic rings. The van der Waals surface area contributed by atoms with E-state index in [0.717, 1.165) is 44.6 Å². The summed E-state index contributed by atoms with van der Waals surface area (Å²) in [5.41, 5.74) is 6.50. The van der Waals surface area contributed by atoms with Crippen molar-refractivity contribution in [3.05, 3.63) is 60.4 Å². The number of pyridine rings is 2. The number of aromatic amines is 1. The minimum Gasteiger partial charge on any atom is -0.508 e. The molecule has 0 aliphatic carbocycles. The molecule has 0 radical (unpaired) electrons. The number of rotatable bonds is 6. The van der Waals surface area contributed by atoms with Crippen LogP contribution in [0.15, 0.2) is 54.9 Å². The lowest BCUT2D eigenvalue weighted by molar-refractivity contribution is 0.344. The highest BCUT2D eigenvalue weighted by Gasteiger charge is 2.17. The molecule has 0 aliphatic heterocycles. The summed E-state index contributed by atoms with van der Waals surface area (Å²) >= 11 is 0. The average Bonchev–Trinajstić information content (AvgIpc) is 3.39. The van der Waals surface area contributed by atoms with Crippen molar-refractivity contribution in [3.8, 4) is 28.6 Å². The van der Waals surface area contributed by atoms with Crippen LogP contribution in [0.25, 0.3) is 33.3 Å². The lowest BCUT2D eigenvalue weighted by Crippen LogP contribution is -1.99. The van der Waals surface area contributed by atoms with E-state index >= 15 is 0 Å². The summed E-state index contributed by atoms with van der Waals surface area (Å²) in [6.07, 6.45) is 3.83. The number of phenolic OH excluding ortho intramolecular Hbond substituents is 1. The van der Waals surface area contributed by atoms with Crippen molar-refractivity contribution in [2.45, 2.75) is 6.54 Å². The number of phenols is 1. The Hall–Kier alpha value is -4.20. The van der Waals surface area contributed by atoms with Gasteiger partial charge in [0.2, 0.25) is 0 Å². The number of fused-ring (bicyclic) bond motifs is 2. The number of hydrogen-bond acceptors (Lipinski definition) is 6. The van der Waals surface area contributed by atoms with Crippen molar-refractivity contribution in [2.75, 3.05) is 19.5 Å². The van der Waals surface area contributed by atoms with Crippen LogP contribution >= 0.6 is 0 Å². The number of benzene rings is 1. The van der Waals surface area contributed by atoms with E-state index < -0.39 is 0 Å². The molecular weight excluding hydrogens is 406 g/mol. The second kappa shape index (κ2) is 7.81. The van der Waals surface area contributed by atoms with Crippen molar-refractivity contribution >= 4 is 27.8 Å². The summed E-state index contributed by atoms with van der Waals surface area (Å²) in [6.45, 7) is 0.625. The highest BCUT2D eigenvalue weighted by Crippen LogP contribution is 2.36. The number of aromatic nitrogens is 4. The van der Waals surface area contributed by atoms with E-state index in [4.69, 9.17) is 14.5 Å². The van der Waals surface area contributed by atoms with E-state index in [2.05, 4.69) is 21.4 Å². The molecule has 8 nitrogen and oxygen atoms in total. The third kappa shape index (κ3) is 3.35. The van der Waals surface area contributed by atoms with Gasteiger partial charge in [-0.15, -0.1) is 0 Å². The van der Waals surface area contributed by atoms with Crippen molar-refractivity contribution in [2.24, 2.45) is 7.05 Å². The van der Waals surface area contributed by atoms with Gasteiger partial charge in [0, 0.05) is 48.7 Å². The van der Waals surface area contributed by atoms with E-state index in [0.29, 0.717) is 18.2 Å². The van der Waals surface area contributed by atoms with Gasteiger partial charge < -0.3 is 29.4 Å². The fourth-order valence-corrected chi connectivity index (χ4v) is 3.91. The van der Waals surface area contributed by atoms with Gasteiger partial charge in [-0.25, -0.2) is 9.97 Å². The smallest absolute Gasteiger partial charge is 0.257 e. The van der Waals surface area contributed by atoms with Gasteiger partial charge in [0.1, 0.15) is 16.9 Å². The maximum atomic E-state index is 9.47. The van der Waals surface area contributed by atoms with Crippen LogP contribution < -0.4 is 14.8 Å². The van der Waals surface area contributed by atoms with Crippen molar-refractivity contribution in [1.82, 2.24) is 19.5 Å². The minimum atomic E-state index is 0.245. The molecular formula is C24H23N5O3. The maximum Gasteiger partial charge on any atom is 0.257 e. The highest BCUT2D eigenvalue weighted by atomic mass is 16.5. The Bertz CT molecular complexity index is 1420. The van der Waals surface area contributed by atoms with Crippen LogP contribution in [0, 0.1) is 0 Å². The molecule has 0 saturated carbocycles. The van der Waals surface area contributed by atoms with Crippen LogP contribution in [0.1, 0.15) is 5.56 Å². The predicted octanol–water partition coefficient (Wildman–Crippen LogP) is 4.45. The molecule has 8 heteroatoms. The lowest BCUT2D eigenvalue weighted by atomic mass is 10.1. The number of hydrogen-bond donors (Lipinski definition) is 3. The van der Waals surface area contributed by atoms with Crippen LogP contribution in [0.2, 0.25) is 0 Å². The van der Waals surface area contributed by atoms with Gasteiger partial charge in [0.25, 0.3) is 5.88 Å². The Kier molecular flexibility index (Phi) is 4.82. The molecule has 1 aromatic carbocycles. The van der Waals surface area contributed by atoms with Gasteiger partial charge in [-0.3, -0.25) is 0 Å². The Morgan fingerprint density at radius 3 is 2.66 bits per heavy atom. The number of aromatic hydroxyl groups is 1. The van der Waals surface area contributed by atoms with Gasteiger partial charge >= 0.3 is 0 Å². The lowest BCUT2D eigenvalue weighted by Gasteiger charge is -2.07. The quantitative estimate of drug-likeness (QED) is 0.345. The Labute approximate surface area is 184 Å². The number of ether oxygens (including phenoxy) is 2. The third-order valence-corrected chi connectivity index (χ3v) is 5.57. The van der Waals surface area contributed by atoms with Crippen LogP contribution in [0.5, 0.6) is 17.4 Å².